The maximum atomic E-state index is 12.4. The van der Waals surface area contributed by atoms with Crippen LogP contribution >= 0.6 is 11.6 Å². The third-order valence-corrected chi connectivity index (χ3v) is 4.55. The van der Waals surface area contributed by atoms with Crippen LogP contribution in [0.2, 0.25) is 5.02 Å². The third-order valence-electron chi connectivity index (χ3n) is 4.22. The molecule has 0 aliphatic rings. The fraction of sp³-hybridized carbons (Fsp3) is 0.227. The first-order valence-corrected chi connectivity index (χ1v) is 9.79. The molecule has 0 atom stereocenters. The van der Waals surface area contributed by atoms with Crippen molar-refractivity contribution in [2.24, 2.45) is 0 Å². The molecule has 0 unspecified atom stereocenters. The van der Waals surface area contributed by atoms with Crippen molar-refractivity contribution in [3.05, 3.63) is 77.1 Å². The Bertz CT molecular complexity index is 999. The summed E-state index contributed by atoms with van der Waals surface area (Å²) in [5, 5.41) is 10.3. The number of nitrogens with one attached hydrogen (secondary N) is 2. The number of aromatic nitrogens is 2. The second-order valence-corrected chi connectivity index (χ2v) is 7.41. The number of anilines is 1. The van der Waals surface area contributed by atoms with Crippen molar-refractivity contribution in [1.82, 2.24) is 15.1 Å². The number of para-hydroxylation sites is 1. The molecular weight excluding hydrogens is 388 g/mol. The molecule has 2 aromatic carbocycles. The summed E-state index contributed by atoms with van der Waals surface area (Å²) >= 11 is 6.18. The monoisotopic (exact) mass is 410 g/mol. The molecule has 150 valence electrons. The second-order valence-electron chi connectivity index (χ2n) is 7.00. The van der Waals surface area contributed by atoms with E-state index in [1.165, 1.54) is 0 Å². The van der Waals surface area contributed by atoms with Crippen LogP contribution in [-0.2, 0) is 11.2 Å². The minimum Gasteiger partial charge on any atom is -0.350 e. The van der Waals surface area contributed by atoms with Gasteiger partial charge in [-0.25, -0.2) is 4.68 Å². The third kappa shape index (κ3) is 5.68. The van der Waals surface area contributed by atoms with E-state index in [0.717, 1.165) is 11.3 Å². The Labute approximate surface area is 174 Å². The summed E-state index contributed by atoms with van der Waals surface area (Å²) in [7, 11) is 0. The molecule has 0 radical (unpaired) electrons. The average molecular weight is 411 g/mol. The van der Waals surface area contributed by atoms with E-state index in [1.54, 1.807) is 29.1 Å². The van der Waals surface area contributed by atoms with E-state index in [0.29, 0.717) is 22.7 Å². The highest BCUT2D eigenvalue weighted by molar-refractivity contribution is 6.33. The summed E-state index contributed by atoms with van der Waals surface area (Å²) in [6, 6.07) is 14.6. The van der Waals surface area contributed by atoms with Crippen LogP contribution in [0.1, 0.15) is 36.2 Å². The Hall–Kier alpha value is -3.12. The summed E-state index contributed by atoms with van der Waals surface area (Å²) in [6.45, 7) is 3.77. The highest BCUT2D eigenvalue weighted by Crippen LogP contribution is 2.23. The number of carbonyl (C=O) groups excluding carboxylic acids is 2. The molecule has 0 saturated carbocycles. The van der Waals surface area contributed by atoms with E-state index in [1.807, 2.05) is 50.4 Å². The van der Waals surface area contributed by atoms with E-state index in [9.17, 15) is 9.59 Å². The van der Waals surface area contributed by atoms with Crippen molar-refractivity contribution >= 4 is 29.1 Å². The Morgan fingerprint density at radius 2 is 1.90 bits per heavy atom. The number of carbonyl (C=O) groups is 2. The van der Waals surface area contributed by atoms with Crippen molar-refractivity contribution < 1.29 is 9.59 Å². The van der Waals surface area contributed by atoms with E-state index in [4.69, 9.17) is 11.6 Å². The zero-order valence-corrected chi connectivity index (χ0v) is 17.1. The van der Waals surface area contributed by atoms with Gasteiger partial charge in [0.1, 0.15) is 0 Å². The lowest BCUT2D eigenvalue weighted by molar-refractivity contribution is -0.116. The van der Waals surface area contributed by atoms with Crippen LogP contribution in [0.3, 0.4) is 0 Å². The lowest BCUT2D eigenvalue weighted by Crippen LogP contribution is -2.30. The summed E-state index contributed by atoms with van der Waals surface area (Å²) in [4.78, 5) is 24.5. The summed E-state index contributed by atoms with van der Waals surface area (Å²) in [5.74, 6) is -0.388. The normalized spacial score (nSPS) is 10.8. The van der Waals surface area contributed by atoms with Gasteiger partial charge < -0.3 is 10.6 Å². The summed E-state index contributed by atoms with van der Waals surface area (Å²) < 4.78 is 1.78. The predicted octanol–water partition coefficient (Wildman–Crippen LogP) is 4.24. The van der Waals surface area contributed by atoms with Gasteiger partial charge in [-0.1, -0.05) is 29.8 Å². The fourth-order valence-electron chi connectivity index (χ4n) is 2.79. The van der Waals surface area contributed by atoms with Crippen LogP contribution in [0.5, 0.6) is 0 Å². The van der Waals surface area contributed by atoms with Crippen molar-refractivity contribution in [3.8, 4) is 5.69 Å². The first kappa shape index (κ1) is 20.6. The number of hydrogen-bond acceptors (Lipinski definition) is 3. The number of benzene rings is 2. The van der Waals surface area contributed by atoms with E-state index in [-0.39, 0.29) is 24.3 Å². The number of hydrogen-bond donors (Lipinski definition) is 2. The standard InChI is InChI=1S/C22H23ClN4O2/c1-15(2)25-22(29)17-9-10-19(23)20(12-17)26-21(28)11-8-16-13-24-27(14-16)18-6-4-3-5-7-18/h3-7,9-10,12-15H,8,11H2,1-2H3,(H,25,29)(H,26,28). The molecule has 3 aromatic rings. The van der Waals surface area contributed by atoms with Crippen LogP contribution in [0, 0.1) is 0 Å². The topological polar surface area (TPSA) is 76.0 Å². The smallest absolute Gasteiger partial charge is 0.251 e. The Morgan fingerprint density at radius 3 is 2.62 bits per heavy atom. The van der Waals surface area contributed by atoms with Crippen LogP contribution in [-0.4, -0.2) is 27.6 Å². The maximum absolute atomic E-state index is 12.4. The van der Waals surface area contributed by atoms with Crippen molar-refractivity contribution in [2.75, 3.05) is 5.32 Å². The van der Waals surface area contributed by atoms with E-state index >= 15 is 0 Å². The van der Waals surface area contributed by atoms with Crippen LogP contribution in [0.4, 0.5) is 5.69 Å². The Morgan fingerprint density at radius 1 is 1.14 bits per heavy atom. The van der Waals surface area contributed by atoms with Crippen LogP contribution < -0.4 is 10.6 Å². The molecule has 0 fully saturated rings. The fourth-order valence-corrected chi connectivity index (χ4v) is 2.95. The van der Waals surface area contributed by atoms with Crippen LogP contribution in [0.25, 0.3) is 5.69 Å². The first-order valence-electron chi connectivity index (χ1n) is 9.41. The second kappa shape index (κ2) is 9.39. The number of amides is 2. The SMILES string of the molecule is CC(C)NC(=O)c1ccc(Cl)c(NC(=O)CCc2cnn(-c3ccccc3)c2)c1. The van der Waals surface area contributed by atoms with Gasteiger partial charge in [0.25, 0.3) is 5.91 Å². The molecule has 1 aromatic heterocycles. The van der Waals surface area contributed by atoms with Gasteiger partial charge >= 0.3 is 0 Å². The number of aryl methyl sites for hydroxylation is 1. The molecule has 0 aliphatic heterocycles. The summed E-state index contributed by atoms with van der Waals surface area (Å²) in [5.41, 5.74) is 2.79. The molecular formula is C22H23ClN4O2. The number of nitrogens with zero attached hydrogens (tertiary/aromatic N) is 2. The largest absolute Gasteiger partial charge is 0.350 e. The van der Waals surface area contributed by atoms with Crippen molar-refractivity contribution in [1.29, 1.82) is 0 Å². The molecule has 3 rings (SSSR count). The van der Waals surface area contributed by atoms with Gasteiger partial charge in [-0.2, -0.15) is 5.10 Å². The van der Waals surface area contributed by atoms with Gasteiger partial charge in [0.05, 0.1) is 22.6 Å². The lowest BCUT2D eigenvalue weighted by atomic mass is 10.1. The summed E-state index contributed by atoms with van der Waals surface area (Å²) in [6.07, 6.45) is 4.49. The number of rotatable bonds is 7. The van der Waals surface area contributed by atoms with Gasteiger partial charge in [0, 0.05) is 24.2 Å². The van der Waals surface area contributed by atoms with Gasteiger partial charge in [-0.15, -0.1) is 0 Å². The van der Waals surface area contributed by atoms with E-state index < -0.39 is 0 Å². The highest BCUT2D eigenvalue weighted by atomic mass is 35.5. The van der Waals surface area contributed by atoms with Crippen molar-refractivity contribution in [2.45, 2.75) is 32.7 Å². The zero-order valence-electron chi connectivity index (χ0n) is 16.4. The minimum absolute atomic E-state index is 0.0213. The highest BCUT2D eigenvalue weighted by Gasteiger charge is 2.12. The Balaban J connectivity index is 1.60. The lowest BCUT2D eigenvalue weighted by Gasteiger charge is -2.11. The molecule has 29 heavy (non-hydrogen) atoms. The molecule has 0 spiro atoms. The van der Waals surface area contributed by atoms with Crippen LogP contribution in [0.15, 0.2) is 60.9 Å². The van der Waals surface area contributed by atoms with Gasteiger partial charge in [-0.3, -0.25) is 9.59 Å². The molecule has 0 bridgehead atoms. The molecule has 1 heterocycles. The molecule has 6 nitrogen and oxygen atoms in total. The minimum atomic E-state index is -0.208. The van der Waals surface area contributed by atoms with Crippen molar-refractivity contribution in [3.63, 3.8) is 0 Å². The van der Waals surface area contributed by atoms with Gasteiger partial charge in [0.15, 0.2) is 0 Å². The maximum Gasteiger partial charge on any atom is 0.251 e. The molecule has 7 heteroatoms. The average Bonchev–Trinajstić information content (AvgIpc) is 3.17. The molecule has 0 saturated heterocycles. The first-order chi connectivity index (χ1) is 13.9. The molecule has 2 N–H and O–H groups in total. The van der Waals surface area contributed by atoms with Gasteiger partial charge in [-0.05, 0) is 56.2 Å². The molecule has 0 aliphatic carbocycles. The zero-order chi connectivity index (χ0) is 20.8. The quantitative estimate of drug-likeness (QED) is 0.611. The van der Waals surface area contributed by atoms with Gasteiger partial charge in [0.2, 0.25) is 5.91 Å². The molecule has 2 amide bonds. The Kier molecular flexibility index (Phi) is 6.67. The predicted molar refractivity (Wildman–Crippen MR) is 115 cm³/mol. The number of halogens is 1. The van der Waals surface area contributed by atoms with E-state index in [2.05, 4.69) is 15.7 Å².